The first-order valence-electron chi connectivity index (χ1n) is 7.17. The second-order valence-corrected chi connectivity index (χ2v) is 4.55. The number of hydrogen-bond donors (Lipinski definition) is 1. The lowest BCUT2D eigenvalue weighted by Crippen LogP contribution is -2.30. The van der Waals surface area contributed by atoms with E-state index < -0.39 is 0 Å². The van der Waals surface area contributed by atoms with Crippen molar-refractivity contribution in [3.63, 3.8) is 0 Å². The molecule has 19 heavy (non-hydrogen) atoms. The average Bonchev–Trinajstić information content (AvgIpc) is 2.50. The molecule has 0 bridgehead atoms. The number of halogens is 1. The lowest BCUT2D eigenvalue weighted by Gasteiger charge is -2.14. The summed E-state index contributed by atoms with van der Waals surface area (Å²) in [5.41, 5.74) is 0.705. The first-order valence-corrected chi connectivity index (χ1v) is 7.70. The molecular formula is C16H26ClNO. The van der Waals surface area contributed by atoms with Crippen LogP contribution in [0.4, 0.5) is 0 Å². The zero-order valence-corrected chi connectivity index (χ0v) is 13.0. The molecule has 0 heterocycles. The summed E-state index contributed by atoms with van der Waals surface area (Å²) in [7, 11) is 0. The third-order valence-electron chi connectivity index (χ3n) is 2.77. The van der Waals surface area contributed by atoms with E-state index in [1.165, 1.54) is 12.8 Å². The molecule has 1 amide bonds. The average molecular weight is 284 g/mol. The van der Waals surface area contributed by atoms with Gasteiger partial charge in [0, 0.05) is 18.0 Å². The van der Waals surface area contributed by atoms with Crippen LogP contribution in [0.25, 0.3) is 0 Å². The standard InChI is InChI=1S/C14H20ClNO.C2H6/c1-2-3-7-12(10-15)11-16-14(17)13-8-5-4-6-9-13;1-2/h4-6,8-9,12H,2-3,7,10-11H2,1H3,(H,16,17);1-2H3. The van der Waals surface area contributed by atoms with Gasteiger partial charge >= 0.3 is 0 Å². The highest BCUT2D eigenvalue weighted by Gasteiger charge is 2.09. The summed E-state index contributed by atoms with van der Waals surface area (Å²) in [6, 6.07) is 9.27. The molecule has 3 heteroatoms. The number of carbonyl (C=O) groups is 1. The Morgan fingerprint density at radius 1 is 1.26 bits per heavy atom. The lowest BCUT2D eigenvalue weighted by atomic mass is 10.0. The molecule has 0 spiro atoms. The van der Waals surface area contributed by atoms with Crippen LogP contribution in [0, 0.1) is 5.92 Å². The number of alkyl halides is 1. The van der Waals surface area contributed by atoms with Gasteiger partial charge in [-0.25, -0.2) is 0 Å². The highest BCUT2D eigenvalue weighted by Crippen LogP contribution is 2.09. The number of nitrogens with one attached hydrogen (secondary N) is 1. The van der Waals surface area contributed by atoms with Gasteiger partial charge in [0.05, 0.1) is 0 Å². The highest BCUT2D eigenvalue weighted by atomic mass is 35.5. The molecule has 0 aliphatic heterocycles. The molecule has 0 radical (unpaired) electrons. The van der Waals surface area contributed by atoms with Crippen molar-refractivity contribution in [1.29, 1.82) is 0 Å². The van der Waals surface area contributed by atoms with E-state index in [1.807, 2.05) is 44.2 Å². The largest absolute Gasteiger partial charge is 0.352 e. The Labute approximate surface area is 122 Å². The molecule has 1 N–H and O–H groups in total. The van der Waals surface area contributed by atoms with E-state index in [0.29, 0.717) is 23.9 Å². The summed E-state index contributed by atoms with van der Waals surface area (Å²) < 4.78 is 0. The van der Waals surface area contributed by atoms with Crippen molar-refractivity contribution in [3.05, 3.63) is 35.9 Å². The SMILES string of the molecule is CC.CCCCC(CCl)CNC(=O)c1ccccc1. The Morgan fingerprint density at radius 2 is 1.89 bits per heavy atom. The molecule has 0 aromatic heterocycles. The van der Waals surface area contributed by atoms with Gasteiger partial charge in [0.1, 0.15) is 0 Å². The van der Waals surface area contributed by atoms with Gasteiger partial charge in [-0.05, 0) is 24.5 Å². The van der Waals surface area contributed by atoms with Gasteiger partial charge in [0.2, 0.25) is 0 Å². The topological polar surface area (TPSA) is 29.1 Å². The summed E-state index contributed by atoms with van der Waals surface area (Å²) >= 11 is 5.88. The molecule has 0 aliphatic carbocycles. The molecule has 108 valence electrons. The quantitative estimate of drug-likeness (QED) is 0.734. The van der Waals surface area contributed by atoms with Crippen molar-refractivity contribution in [1.82, 2.24) is 5.32 Å². The Bertz CT molecular complexity index is 327. The van der Waals surface area contributed by atoms with Crippen molar-refractivity contribution in [2.24, 2.45) is 5.92 Å². The maximum absolute atomic E-state index is 11.8. The fraction of sp³-hybridized carbons (Fsp3) is 0.562. The zero-order valence-electron chi connectivity index (χ0n) is 12.3. The van der Waals surface area contributed by atoms with Gasteiger partial charge in [0.15, 0.2) is 0 Å². The first kappa shape index (κ1) is 18.0. The normalized spacial score (nSPS) is 11.2. The number of amides is 1. The van der Waals surface area contributed by atoms with Crippen LogP contribution in [0.2, 0.25) is 0 Å². The minimum atomic E-state index is -0.0165. The maximum Gasteiger partial charge on any atom is 0.251 e. The summed E-state index contributed by atoms with van der Waals surface area (Å²) in [5.74, 6) is 0.969. The predicted molar refractivity (Wildman–Crippen MR) is 83.9 cm³/mol. The van der Waals surface area contributed by atoms with Crippen LogP contribution < -0.4 is 5.32 Å². The molecule has 2 nitrogen and oxygen atoms in total. The van der Waals surface area contributed by atoms with Crippen molar-refractivity contribution in [3.8, 4) is 0 Å². The molecule has 0 saturated carbocycles. The molecular weight excluding hydrogens is 258 g/mol. The second kappa shape index (κ2) is 12.0. The van der Waals surface area contributed by atoms with E-state index in [-0.39, 0.29) is 5.91 Å². The molecule has 1 aromatic rings. The monoisotopic (exact) mass is 283 g/mol. The van der Waals surface area contributed by atoms with E-state index in [0.717, 1.165) is 6.42 Å². The van der Waals surface area contributed by atoms with Gasteiger partial charge in [-0.1, -0.05) is 51.8 Å². The highest BCUT2D eigenvalue weighted by molar-refractivity contribution is 6.18. The first-order chi connectivity index (χ1) is 9.27. The minimum absolute atomic E-state index is 0.0165. The van der Waals surface area contributed by atoms with Crippen molar-refractivity contribution in [2.45, 2.75) is 40.0 Å². The van der Waals surface area contributed by atoms with Crippen LogP contribution in [-0.4, -0.2) is 18.3 Å². The van der Waals surface area contributed by atoms with Gasteiger partial charge in [0.25, 0.3) is 5.91 Å². The van der Waals surface area contributed by atoms with Crippen LogP contribution >= 0.6 is 11.6 Å². The van der Waals surface area contributed by atoms with Crippen LogP contribution in [-0.2, 0) is 0 Å². The van der Waals surface area contributed by atoms with Crippen molar-refractivity contribution < 1.29 is 4.79 Å². The van der Waals surface area contributed by atoms with E-state index in [2.05, 4.69) is 12.2 Å². The van der Waals surface area contributed by atoms with Gasteiger partial charge < -0.3 is 5.32 Å². The Balaban J connectivity index is 0.00000154. The van der Waals surface area contributed by atoms with Gasteiger partial charge in [-0.3, -0.25) is 4.79 Å². The number of hydrogen-bond acceptors (Lipinski definition) is 1. The van der Waals surface area contributed by atoms with E-state index in [9.17, 15) is 4.79 Å². The molecule has 0 aliphatic rings. The molecule has 0 saturated heterocycles. The van der Waals surface area contributed by atoms with Crippen molar-refractivity contribution in [2.75, 3.05) is 12.4 Å². The molecule has 1 rings (SSSR count). The zero-order chi connectivity index (χ0) is 14.5. The summed E-state index contributed by atoms with van der Waals surface area (Å²) in [5, 5.41) is 2.94. The third kappa shape index (κ3) is 7.89. The second-order valence-electron chi connectivity index (χ2n) is 4.24. The lowest BCUT2D eigenvalue weighted by molar-refractivity contribution is 0.0947. The van der Waals surface area contributed by atoms with Crippen LogP contribution in [0.5, 0.6) is 0 Å². The van der Waals surface area contributed by atoms with Crippen LogP contribution in [0.1, 0.15) is 50.4 Å². The maximum atomic E-state index is 11.8. The Kier molecular flexibility index (Phi) is 11.4. The molecule has 0 fully saturated rings. The van der Waals surface area contributed by atoms with Gasteiger partial charge in [-0.2, -0.15) is 0 Å². The Morgan fingerprint density at radius 3 is 2.42 bits per heavy atom. The summed E-state index contributed by atoms with van der Waals surface area (Å²) in [4.78, 5) is 11.8. The number of benzene rings is 1. The molecule has 1 unspecified atom stereocenters. The smallest absolute Gasteiger partial charge is 0.251 e. The van der Waals surface area contributed by atoms with E-state index in [4.69, 9.17) is 11.6 Å². The minimum Gasteiger partial charge on any atom is -0.352 e. The predicted octanol–water partition coefficient (Wildman–Crippen LogP) is 4.49. The van der Waals surface area contributed by atoms with Crippen LogP contribution in [0.3, 0.4) is 0 Å². The number of carbonyl (C=O) groups excluding carboxylic acids is 1. The van der Waals surface area contributed by atoms with Crippen LogP contribution in [0.15, 0.2) is 30.3 Å². The van der Waals surface area contributed by atoms with Crippen molar-refractivity contribution >= 4 is 17.5 Å². The molecule has 1 aromatic carbocycles. The number of rotatable bonds is 7. The number of unbranched alkanes of at least 4 members (excludes halogenated alkanes) is 1. The fourth-order valence-corrected chi connectivity index (χ4v) is 1.92. The summed E-state index contributed by atoms with van der Waals surface area (Å²) in [6.07, 6.45) is 3.41. The third-order valence-corrected chi connectivity index (χ3v) is 3.21. The fourth-order valence-electron chi connectivity index (χ4n) is 1.66. The molecule has 1 atom stereocenters. The van der Waals surface area contributed by atoms with E-state index in [1.54, 1.807) is 0 Å². The Hall–Kier alpha value is -1.02. The summed E-state index contributed by atoms with van der Waals surface area (Å²) in [6.45, 7) is 6.82. The van der Waals surface area contributed by atoms with E-state index >= 15 is 0 Å². The van der Waals surface area contributed by atoms with Gasteiger partial charge in [-0.15, -0.1) is 11.6 Å².